The molecular weight excluding hydrogens is 334 g/mol. The molecular formula is C24H31NO2. The Bertz CT molecular complexity index is 701. The van der Waals surface area contributed by atoms with E-state index >= 15 is 0 Å². The molecule has 3 rings (SSSR count). The molecule has 0 unspecified atom stereocenters. The van der Waals surface area contributed by atoms with Gasteiger partial charge < -0.3 is 10.5 Å². The van der Waals surface area contributed by atoms with Gasteiger partial charge in [-0.25, -0.2) is 0 Å². The van der Waals surface area contributed by atoms with Crippen LogP contribution in [0.4, 0.5) is 0 Å². The van der Waals surface area contributed by atoms with Crippen LogP contribution in [0.25, 0.3) is 0 Å². The minimum atomic E-state index is -0.488. The zero-order valence-electron chi connectivity index (χ0n) is 16.2. The van der Waals surface area contributed by atoms with Gasteiger partial charge in [0.25, 0.3) is 0 Å². The van der Waals surface area contributed by atoms with Crippen molar-refractivity contribution in [2.75, 3.05) is 0 Å². The topological polar surface area (TPSA) is 52.3 Å². The summed E-state index contributed by atoms with van der Waals surface area (Å²) in [6, 6.07) is 20.7. The number of esters is 1. The second-order valence-electron chi connectivity index (χ2n) is 7.82. The van der Waals surface area contributed by atoms with Gasteiger partial charge >= 0.3 is 5.97 Å². The molecule has 0 radical (unpaired) electrons. The molecule has 0 aliphatic carbocycles. The summed E-state index contributed by atoms with van der Waals surface area (Å²) in [6.07, 6.45) is 5.71. The molecule has 3 heteroatoms. The largest absolute Gasteiger partial charge is 0.461 e. The number of hydrogen-bond donors (Lipinski definition) is 1. The van der Waals surface area contributed by atoms with Crippen LogP contribution in [0.2, 0.25) is 0 Å². The molecule has 1 heterocycles. The second-order valence-corrected chi connectivity index (χ2v) is 7.82. The number of hydrogen-bond acceptors (Lipinski definition) is 3. The molecule has 0 spiro atoms. The molecule has 2 aromatic carbocycles. The first kappa shape index (κ1) is 19.6. The fourth-order valence-corrected chi connectivity index (χ4v) is 4.29. The summed E-state index contributed by atoms with van der Waals surface area (Å²) in [5, 5.41) is 0. The van der Waals surface area contributed by atoms with E-state index in [9.17, 15) is 4.79 Å². The lowest BCUT2D eigenvalue weighted by Gasteiger charge is -2.31. The summed E-state index contributed by atoms with van der Waals surface area (Å²) in [6.45, 7) is 2.05. The fourth-order valence-electron chi connectivity index (χ4n) is 4.29. The van der Waals surface area contributed by atoms with Crippen LogP contribution < -0.4 is 5.73 Å². The van der Waals surface area contributed by atoms with E-state index in [-0.39, 0.29) is 12.1 Å². The molecule has 1 fully saturated rings. The Morgan fingerprint density at radius 1 is 0.963 bits per heavy atom. The molecule has 144 valence electrons. The summed E-state index contributed by atoms with van der Waals surface area (Å²) in [4.78, 5) is 12.3. The van der Waals surface area contributed by atoms with Crippen molar-refractivity contribution in [3.63, 3.8) is 0 Å². The van der Waals surface area contributed by atoms with Gasteiger partial charge in [0, 0.05) is 0 Å². The van der Waals surface area contributed by atoms with Crippen molar-refractivity contribution >= 4 is 5.97 Å². The van der Waals surface area contributed by atoms with Crippen LogP contribution >= 0.6 is 0 Å². The number of ether oxygens (including phenoxy) is 1. The number of carbonyl (C=O) groups is 1. The van der Waals surface area contributed by atoms with E-state index in [0.717, 1.165) is 32.1 Å². The molecule has 0 bridgehead atoms. The van der Waals surface area contributed by atoms with Gasteiger partial charge in [-0.3, -0.25) is 4.79 Å². The molecule has 0 saturated carbocycles. The molecule has 1 saturated heterocycles. The van der Waals surface area contributed by atoms with Gasteiger partial charge in [0.15, 0.2) is 0 Å². The van der Waals surface area contributed by atoms with Gasteiger partial charge in [-0.05, 0) is 62.0 Å². The SMILES string of the molecule is C[C@@H]1OC(=O)[C@@H](N)CCC[C@H](Cc2ccccc2)[C@H]1CCc1ccccc1. The smallest absolute Gasteiger partial charge is 0.323 e. The molecule has 27 heavy (non-hydrogen) atoms. The number of aryl methyl sites for hydroxylation is 1. The monoisotopic (exact) mass is 365 g/mol. The third-order valence-electron chi connectivity index (χ3n) is 5.85. The van der Waals surface area contributed by atoms with Crippen molar-refractivity contribution in [2.45, 2.75) is 57.6 Å². The highest BCUT2D eigenvalue weighted by molar-refractivity contribution is 5.75. The Hall–Kier alpha value is -2.13. The number of nitrogens with two attached hydrogens (primary N) is 1. The van der Waals surface area contributed by atoms with E-state index in [4.69, 9.17) is 10.5 Å². The molecule has 0 amide bonds. The van der Waals surface area contributed by atoms with E-state index in [0.29, 0.717) is 18.3 Å². The quantitative estimate of drug-likeness (QED) is 0.792. The maximum Gasteiger partial charge on any atom is 0.323 e. The zero-order chi connectivity index (χ0) is 19.1. The standard InChI is InChI=1S/C24H31NO2/c1-18-22(16-15-19-9-4-2-5-10-19)21(17-20-11-6-3-7-12-20)13-8-14-23(25)24(26)27-18/h2-7,9-12,18,21-23H,8,13-17,25H2,1H3/t18-,21+,22-,23-/m0/s1. The summed E-state index contributed by atoms with van der Waals surface area (Å²) < 4.78 is 5.79. The molecule has 2 aromatic rings. The van der Waals surface area contributed by atoms with Crippen LogP contribution in [0, 0.1) is 11.8 Å². The third kappa shape index (κ3) is 5.67. The predicted molar refractivity (Wildman–Crippen MR) is 109 cm³/mol. The highest BCUT2D eigenvalue weighted by Crippen LogP contribution is 2.32. The average molecular weight is 366 g/mol. The van der Waals surface area contributed by atoms with Crippen molar-refractivity contribution in [1.29, 1.82) is 0 Å². The summed E-state index contributed by atoms with van der Waals surface area (Å²) >= 11 is 0. The highest BCUT2D eigenvalue weighted by Gasteiger charge is 2.32. The number of rotatable bonds is 5. The fraction of sp³-hybridized carbons (Fsp3) is 0.458. The molecule has 1 aliphatic rings. The highest BCUT2D eigenvalue weighted by atomic mass is 16.5. The van der Waals surface area contributed by atoms with Crippen LogP contribution in [-0.4, -0.2) is 18.1 Å². The van der Waals surface area contributed by atoms with Gasteiger partial charge in [0.1, 0.15) is 12.1 Å². The third-order valence-corrected chi connectivity index (χ3v) is 5.85. The summed E-state index contributed by atoms with van der Waals surface area (Å²) in [7, 11) is 0. The maximum atomic E-state index is 12.3. The molecule has 1 aliphatic heterocycles. The van der Waals surface area contributed by atoms with Gasteiger partial charge in [-0.15, -0.1) is 0 Å². The maximum absolute atomic E-state index is 12.3. The predicted octanol–water partition coefficient (Wildman–Crippen LogP) is 4.54. The average Bonchev–Trinajstić information content (AvgIpc) is 2.73. The van der Waals surface area contributed by atoms with Crippen molar-refractivity contribution in [3.8, 4) is 0 Å². The lowest BCUT2D eigenvalue weighted by Crippen LogP contribution is -2.36. The van der Waals surface area contributed by atoms with Crippen molar-refractivity contribution < 1.29 is 9.53 Å². The first-order valence-electron chi connectivity index (χ1n) is 10.2. The molecule has 4 atom stereocenters. The van der Waals surface area contributed by atoms with E-state index in [1.54, 1.807) is 0 Å². The zero-order valence-corrected chi connectivity index (χ0v) is 16.2. The lowest BCUT2D eigenvalue weighted by atomic mass is 9.77. The van der Waals surface area contributed by atoms with Crippen LogP contribution in [0.3, 0.4) is 0 Å². The minimum Gasteiger partial charge on any atom is -0.461 e. The van der Waals surface area contributed by atoms with Gasteiger partial charge in [0.2, 0.25) is 0 Å². The summed E-state index contributed by atoms with van der Waals surface area (Å²) in [5.41, 5.74) is 8.71. The number of cyclic esters (lactones) is 1. The normalized spacial score (nSPS) is 26.5. The van der Waals surface area contributed by atoms with E-state index in [2.05, 4.69) is 54.6 Å². The Morgan fingerprint density at radius 2 is 1.59 bits per heavy atom. The van der Waals surface area contributed by atoms with Crippen LogP contribution in [0.5, 0.6) is 0 Å². The number of benzene rings is 2. The molecule has 0 aromatic heterocycles. The Balaban J connectivity index is 1.78. The Morgan fingerprint density at radius 3 is 2.26 bits per heavy atom. The lowest BCUT2D eigenvalue weighted by molar-refractivity contribution is -0.153. The van der Waals surface area contributed by atoms with Gasteiger partial charge in [0.05, 0.1) is 0 Å². The second kappa shape index (κ2) is 9.70. The van der Waals surface area contributed by atoms with Crippen molar-refractivity contribution in [3.05, 3.63) is 71.8 Å². The van der Waals surface area contributed by atoms with Crippen LogP contribution in [-0.2, 0) is 22.4 Å². The van der Waals surface area contributed by atoms with E-state index < -0.39 is 6.04 Å². The van der Waals surface area contributed by atoms with Gasteiger partial charge in [-0.1, -0.05) is 67.1 Å². The van der Waals surface area contributed by atoms with Crippen molar-refractivity contribution in [2.24, 2.45) is 17.6 Å². The molecule has 2 N–H and O–H groups in total. The summed E-state index contributed by atoms with van der Waals surface area (Å²) in [5.74, 6) is 0.580. The Labute approximate surface area is 162 Å². The molecule has 3 nitrogen and oxygen atoms in total. The van der Waals surface area contributed by atoms with Crippen molar-refractivity contribution in [1.82, 2.24) is 0 Å². The van der Waals surface area contributed by atoms with E-state index in [1.807, 2.05) is 13.0 Å². The Kier molecular flexibility index (Phi) is 7.05. The van der Waals surface area contributed by atoms with Gasteiger partial charge in [-0.2, -0.15) is 0 Å². The number of carbonyl (C=O) groups excluding carboxylic acids is 1. The van der Waals surface area contributed by atoms with E-state index in [1.165, 1.54) is 11.1 Å². The first-order chi connectivity index (χ1) is 13.1. The minimum absolute atomic E-state index is 0.112. The first-order valence-corrected chi connectivity index (χ1v) is 10.2. The van der Waals surface area contributed by atoms with Crippen LogP contribution in [0.1, 0.15) is 43.7 Å². The van der Waals surface area contributed by atoms with Crippen LogP contribution in [0.15, 0.2) is 60.7 Å².